The minimum Gasteiger partial charge on any atom is -0.461 e. The summed E-state index contributed by atoms with van der Waals surface area (Å²) >= 11 is 0. The number of nitrogens with zero attached hydrogens (tertiary/aromatic N) is 4. The summed E-state index contributed by atoms with van der Waals surface area (Å²) in [5.41, 5.74) is 3.29. The second kappa shape index (κ2) is 6.96. The first-order valence-electron chi connectivity index (χ1n) is 9.37. The fourth-order valence-corrected chi connectivity index (χ4v) is 3.82. The summed E-state index contributed by atoms with van der Waals surface area (Å²) in [6, 6.07) is 11.9. The zero-order valence-corrected chi connectivity index (χ0v) is 15.0. The second-order valence-corrected chi connectivity index (χ2v) is 7.11. The molecule has 0 bridgehead atoms. The maximum absolute atomic E-state index is 5.35. The molecule has 0 amide bonds. The van der Waals surface area contributed by atoms with Crippen LogP contribution in [0.15, 0.2) is 59.5 Å². The van der Waals surface area contributed by atoms with Gasteiger partial charge in [-0.1, -0.05) is 12.1 Å². The summed E-state index contributed by atoms with van der Waals surface area (Å²) < 4.78 is 5.35. The van der Waals surface area contributed by atoms with Gasteiger partial charge in [0.15, 0.2) is 11.6 Å². The van der Waals surface area contributed by atoms with Crippen molar-refractivity contribution < 1.29 is 4.42 Å². The number of H-pyrrole nitrogens is 1. The van der Waals surface area contributed by atoms with E-state index in [0.29, 0.717) is 17.5 Å². The fraction of sp³-hybridized carbons (Fsp3) is 0.286. The van der Waals surface area contributed by atoms with Crippen LogP contribution in [0.2, 0.25) is 0 Å². The number of hydrogen-bond donors (Lipinski definition) is 1. The van der Waals surface area contributed by atoms with Gasteiger partial charge in [-0.3, -0.25) is 4.90 Å². The van der Waals surface area contributed by atoms with E-state index >= 15 is 0 Å². The quantitative estimate of drug-likeness (QED) is 0.596. The first-order chi connectivity index (χ1) is 13.3. The molecule has 6 heteroatoms. The van der Waals surface area contributed by atoms with E-state index in [1.807, 2.05) is 36.7 Å². The fourth-order valence-electron chi connectivity index (χ4n) is 3.82. The number of hydrogen-bond acceptors (Lipinski definition) is 5. The Morgan fingerprint density at radius 2 is 2.00 bits per heavy atom. The number of piperidine rings is 1. The number of para-hydroxylation sites is 2. The highest BCUT2D eigenvalue weighted by Gasteiger charge is 2.24. The molecule has 4 heterocycles. The molecule has 1 saturated heterocycles. The van der Waals surface area contributed by atoms with E-state index in [2.05, 4.69) is 32.0 Å². The summed E-state index contributed by atoms with van der Waals surface area (Å²) in [7, 11) is 0. The van der Waals surface area contributed by atoms with E-state index in [0.717, 1.165) is 42.1 Å². The molecule has 1 aliphatic rings. The molecular weight excluding hydrogens is 338 g/mol. The van der Waals surface area contributed by atoms with Crippen LogP contribution in [0, 0.1) is 0 Å². The van der Waals surface area contributed by atoms with Crippen molar-refractivity contribution >= 4 is 11.0 Å². The summed E-state index contributed by atoms with van der Waals surface area (Å²) in [6.07, 6.45) is 7.78. The zero-order chi connectivity index (χ0) is 18.1. The SMILES string of the molecule is c1coc(-c2ncc(CN3CCC[C@@H](c4nc5ccccc5[nH]4)C3)cn2)c1. The molecule has 1 atom stereocenters. The maximum atomic E-state index is 5.35. The lowest BCUT2D eigenvalue weighted by Gasteiger charge is -2.31. The van der Waals surface area contributed by atoms with Crippen molar-refractivity contribution in [2.45, 2.75) is 25.3 Å². The average Bonchev–Trinajstić information content (AvgIpc) is 3.39. The van der Waals surface area contributed by atoms with Crippen molar-refractivity contribution in [1.82, 2.24) is 24.8 Å². The largest absolute Gasteiger partial charge is 0.461 e. The molecule has 0 unspecified atom stereocenters. The highest BCUT2D eigenvalue weighted by Crippen LogP contribution is 2.27. The molecule has 5 rings (SSSR count). The van der Waals surface area contributed by atoms with Crippen molar-refractivity contribution in [3.63, 3.8) is 0 Å². The maximum Gasteiger partial charge on any atom is 0.195 e. The highest BCUT2D eigenvalue weighted by atomic mass is 16.3. The molecule has 3 aromatic heterocycles. The molecule has 1 fully saturated rings. The van der Waals surface area contributed by atoms with Crippen molar-refractivity contribution in [3.05, 3.63) is 66.4 Å². The van der Waals surface area contributed by atoms with Crippen LogP contribution in [0.3, 0.4) is 0 Å². The molecule has 0 aliphatic carbocycles. The van der Waals surface area contributed by atoms with Gasteiger partial charge in [-0.25, -0.2) is 15.0 Å². The molecule has 1 aromatic carbocycles. The van der Waals surface area contributed by atoms with Crippen LogP contribution in [0.25, 0.3) is 22.6 Å². The van der Waals surface area contributed by atoms with Gasteiger partial charge in [-0.2, -0.15) is 0 Å². The first kappa shape index (κ1) is 16.2. The molecule has 1 N–H and O–H groups in total. The predicted molar refractivity (Wildman–Crippen MR) is 103 cm³/mol. The number of likely N-dealkylation sites (tertiary alicyclic amines) is 1. The van der Waals surface area contributed by atoms with Gasteiger partial charge in [-0.05, 0) is 43.7 Å². The number of aromatic amines is 1. The van der Waals surface area contributed by atoms with Crippen LogP contribution in [0.4, 0.5) is 0 Å². The van der Waals surface area contributed by atoms with Crippen molar-refractivity contribution in [1.29, 1.82) is 0 Å². The third-order valence-corrected chi connectivity index (χ3v) is 5.15. The summed E-state index contributed by atoms with van der Waals surface area (Å²) in [4.78, 5) is 19.7. The third-order valence-electron chi connectivity index (χ3n) is 5.15. The molecule has 1 aliphatic heterocycles. The smallest absolute Gasteiger partial charge is 0.195 e. The Morgan fingerprint density at radius 3 is 2.81 bits per heavy atom. The molecule has 0 saturated carbocycles. The van der Waals surface area contributed by atoms with Gasteiger partial charge in [0.25, 0.3) is 0 Å². The van der Waals surface area contributed by atoms with E-state index in [9.17, 15) is 0 Å². The molecule has 136 valence electrons. The van der Waals surface area contributed by atoms with Crippen LogP contribution in [-0.4, -0.2) is 37.9 Å². The Hall–Kier alpha value is -2.99. The minimum absolute atomic E-state index is 0.439. The minimum atomic E-state index is 0.439. The van der Waals surface area contributed by atoms with Crippen LogP contribution in [0.1, 0.15) is 30.1 Å². The number of aromatic nitrogens is 4. The normalized spacial score (nSPS) is 18.1. The topological polar surface area (TPSA) is 70.8 Å². The Morgan fingerprint density at radius 1 is 1.11 bits per heavy atom. The Labute approximate surface area is 157 Å². The third kappa shape index (κ3) is 3.36. The van der Waals surface area contributed by atoms with Crippen LogP contribution < -0.4 is 0 Å². The van der Waals surface area contributed by atoms with Crippen molar-refractivity contribution in [2.24, 2.45) is 0 Å². The number of rotatable bonds is 4. The Bertz CT molecular complexity index is 989. The van der Waals surface area contributed by atoms with E-state index in [1.54, 1.807) is 6.26 Å². The standard InChI is InChI=1S/C21H21N5O/c1-2-7-18-17(6-1)24-20(25-18)16-5-3-9-26(14-16)13-15-11-22-21(23-12-15)19-8-4-10-27-19/h1-2,4,6-8,10-12,16H,3,5,9,13-14H2,(H,24,25)/t16-/m1/s1. The monoisotopic (exact) mass is 359 g/mol. The highest BCUT2D eigenvalue weighted by molar-refractivity contribution is 5.74. The van der Waals surface area contributed by atoms with Gasteiger partial charge < -0.3 is 9.40 Å². The van der Waals surface area contributed by atoms with Crippen molar-refractivity contribution in [2.75, 3.05) is 13.1 Å². The summed E-state index contributed by atoms with van der Waals surface area (Å²) in [5, 5.41) is 0. The van der Waals surface area contributed by atoms with E-state index in [4.69, 9.17) is 9.40 Å². The van der Waals surface area contributed by atoms with Crippen molar-refractivity contribution in [3.8, 4) is 11.6 Å². The molecular formula is C21H21N5O. The predicted octanol–water partition coefficient (Wildman–Crippen LogP) is 3.99. The summed E-state index contributed by atoms with van der Waals surface area (Å²) in [5.74, 6) is 2.87. The number of furan rings is 1. The second-order valence-electron chi connectivity index (χ2n) is 7.11. The number of imidazole rings is 1. The first-order valence-corrected chi connectivity index (χ1v) is 9.37. The number of nitrogens with one attached hydrogen (secondary N) is 1. The van der Waals surface area contributed by atoms with Gasteiger partial charge in [0, 0.05) is 37.0 Å². The van der Waals surface area contributed by atoms with Gasteiger partial charge in [0.1, 0.15) is 5.82 Å². The number of fused-ring (bicyclic) bond motifs is 1. The van der Waals surface area contributed by atoms with E-state index in [1.165, 1.54) is 12.8 Å². The zero-order valence-electron chi connectivity index (χ0n) is 15.0. The van der Waals surface area contributed by atoms with Crippen LogP contribution in [0.5, 0.6) is 0 Å². The lowest BCUT2D eigenvalue weighted by Crippen LogP contribution is -2.34. The molecule has 6 nitrogen and oxygen atoms in total. The lowest BCUT2D eigenvalue weighted by atomic mass is 9.97. The van der Waals surface area contributed by atoms with Crippen LogP contribution >= 0.6 is 0 Å². The average molecular weight is 359 g/mol. The van der Waals surface area contributed by atoms with Gasteiger partial charge in [-0.15, -0.1) is 0 Å². The molecule has 0 spiro atoms. The van der Waals surface area contributed by atoms with Gasteiger partial charge in [0.2, 0.25) is 0 Å². The lowest BCUT2D eigenvalue weighted by molar-refractivity contribution is 0.197. The van der Waals surface area contributed by atoms with Gasteiger partial charge in [0.05, 0.1) is 17.3 Å². The number of benzene rings is 1. The Kier molecular flexibility index (Phi) is 4.18. The summed E-state index contributed by atoms with van der Waals surface area (Å²) in [6.45, 7) is 2.95. The molecule has 4 aromatic rings. The Balaban J connectivity index is 1.28. The molecule has 27 heavy (non-hydrogen) atoms. The van der Waals surface area contributed by atoms with E-state index < -0.39 is 0 Å². The van der Waals surface area contributed by atoms with Gasteiger partial charge >= 0.3 is 0 Å². The van der Waals surface area contributed by atoms with E-state index in [-0.39, 0.29) is 0 Å². The van der Waals surface area contributed by atoms with Crippen LogP contribution in [-0.2, 0) is 6.54 Å². The molecule has 0 radical (unpaired) electrons.